The topological polar surface area (TPSA) is 200 Å². The molecule has 0 saturated heterocycles. The van der Waals surface area contributed by atoms with Crippen LogP contribution in [0.5, 0.6) is 0 Å². The van der Waals surface area contributed by atoms with E-state index >= 15 is 0 Å². The summed E-state index contributed by atoms with van der Waals surface area (Å²) in [5, 5.41) is 7.66. The molecule has 0 aliphatic heterocycles. The molecule has 184 valence electrons. The van der Waals surface area contributed by atoms with Crippen molar-refractivity contribution in [3.05, 3.63) is 94.5 Å². The summed E-state index contributed by atoms with van der Waals surface area (Å²) in [5.74, 6) is -3.04. The highest BCUT2D eigenvalue weighted by atomic mass is 16.2. The van der Waals surface area contributed by atoms with Gasteiger partial charge in [0.2, 0.25) is 17.7 Å². The number of rotatable bonds is 9. The summed E-state index contributed by atoms with van der Waals surface area (Å²) in [6, 6.07) is 16.8. The third-order valence-corrected chi connectivity index (χ3v) is 5.05. The summed E-state index contributed by atoms with van der Waals surface area (Å²) in [7, 11) is 0. The lowest BCUT2D eigenvalue weighted by atomic mass is 10.1. The lowest BCUT2D eigenvalue weighted by molar-refractivity contribution is -0.115. The van der Waals surface area contributed by atoms with Crippen LogP contribution < -0.4 is 33.2 Å². The molecule has 11 nitrogen and oxygen atoms in total. The predicted octanol–water partition coefficient (Wildman–Crippen LogP) is 0.964. The standard InChI is InChI=1S/C25H24N6O5/c26-12-14-1-3-16(4-2-14)25(36)31-19-7-5-15(6-8-19)24(35)29-13-21(32)30-20-10-17(22(27)33)9-18(11-20)23(28)34/h1-11H,12-13,26H2,(H2,27,33)(H2,28,34)(H,29,35)(H,30,32)(H,31,36). The number of hydrogen-bond donors (Lipinski definition) is 6. The normalized spacial score (nSPS) is 10.2. The molecule has 9 N–H and O–H groups in total. The van der Waals surface area contributed by atoms with E-state index in [-0.39, 0.29) is 34.8 Å². The Balaban J connectivity index is 1.55. The molecule has 36 heavy (non-hydrogen) atoms. The summed E-state index contributed by atoms with van der Waals surface area (Å²) < 4.78 is 0. The van der Waals surface area contributed by atoms with E-state index in [0.29, 0.717) is 17.8 Å². The number of nitrogens with two attached hydrogens (primary N) is 3. The largest absolute Gasteiger partial charge is 0.366 e. The van der Waals surface area contributed by atoms with Gasteiger partial charge in [0.25, 0.3) is 11.8 Å². The first kappa shape index (κ1) is 25.6. The molecule has 0 spiro atoms. The fraction of sp³-hybridized carbons (Fsp3) is 0.0800. The molecule has 11 heteroatoms. The monoisotopic (exact) mass is 488 g/mol. The first-order chi connectivity index (χ1) is 17.2. The summed E-state index contributed by atoms with van der Waals surface area (Å²) in [6.07, 6.45) is 0. The molecule has 0 saturated carbocycles. The second kappa shape index (κ2) is 11.4. The number of carbonyl (C=O) groups is 5. The molecule has 0 heterocycles. The number of primary amides is 2. The van der Waals surface area contributed by atoms with E-state index in [9.17, 15) is 24.0 Å². The van der Waals surface area contributed by atoms with Crippen molar-refractivity contribution in [3.8, 4) is 0 Å². The Kier molecular flexibility index (Phi) is 8.10. The van der Waals surface area contributed by atoms with Crippen LogP contribution in [0.2, 0.25) is 0 Å². The van der Waals surface area contributed by atoms with Crippen molar-refractivity contribution in [3.63, 3.8) is 0 Å². The maximum absolute atomic E-state index is 12.4. The summed E-state index contributed by atoms with van der Waals surface area (Å²) in [5.41, 5.74) is 18.2. The zero-order valence-electron chi connectivity index (χ0n) is 19.0. The lowest BCUT2D eigenvalue weighted by Gasteiger charge is -2.10. The minimum absolute atomic E-state index is 0.00890. The van der Waals surface area contributed by atoms with Crippen molar-refractivity contribution in [2.24, 2.45) is 17.2 Å². The van der Waals surface area contributed by atoms with Crippen molar-refractivity contribution in [2.45, 2.75) is 6.54 Å². The van der Waals surface area contributed by atoms with Gasteiger partial charge in [0.05, 0.1) is 6.54 Å². The van der Waals surface area contributed by atoms with E-state index in [2.05, 4.69) is 16.0 Å². The minimum Gasteiger partial charge on any atom is -0.366 e. The second-order valence-electron chi connectivity index (χ2n) is 7.69. The van der Waals surface area contributed by atoms with Gasteiger partial charge in [-0.15, -0.1) is 0 Å². The molecule has 5 amide bonds. The van der Waals surface area contributed by atoms with Crippen molar-refractivity contribution >= 4 is 40.9 Å². The van der Waals surface area contributed by atoms with E-state index in [1.807, 2.05) is 0 Å². The Bertz CT molecular complexity index is 1290. The Morgan fingerprint density at radius 2 is 1.14 bits per heavy atom. The van der Waals surface area contributed by atoms with Crippen molar-refractivity contribution < 1.29 is 24.0 Å². The molecule has 3 aromatic carbocycles. The van der Waals surface area contributed by atoms with Crippen LogP contribution in [0.15, 0.2) is 66.7 Å². The van der Waals surface area contributed by atoms with E-state index < -0.39 is 23.6 Å². The zero-order valence-corrected chi connectivity index (χ0v) is 19.0. The van der Waals surface area contributed by atoms with Crippen molar-refractivity contribution in [1.82, 2.24) is 5.32 Å². The molecule has 3 aromatic rings. The summed E-state index contributed by atoms with van der Waals surface area (Å²) >= 11 is 0. The van der Waals surface area contributed by atoms with Crippen LogP contribution in [0, 0.1) is 0 Å². The van der Waals surface area contributed by atoms with Crippen LogP contribution in [0.1, 0.15) is 47.0 Å². The molecular weight excluding hydrogens is 464 g/mol. The molecule has 0 aromatic heterocycles. The molecule has 0 bridgehead atoms. The maximum atomic E-state index is 12.4. The Morgan fingerprint density at radius 3 is 1.67 bits per heavy atom. The van der Waals surface area contributed by atoms with Gasteiger partial charge in [-0.1, -0.05) is 12.1 Å². The van der Waals surface area contributed by atoms with Crippen LogP contribution in [0.3, 0.4) is 0 Å². The number of hydrogen-bond acceptors (Lipinski definition) is 6. The predicted molar refractivity (Wildman–Crippen MR) is 133 cm³/mol. The first-order valence-electron chi connectivity index (χ1n) is 10.7. The van der Waals surface area contributed by atoms with Crippen LogP contribution in [-0.2, 0) is 11.3 Å². The minimum atomic E-state index is -0.800. The van der Waals surface area contributed by atoms with Gasteiger partial charge in [0, 0.05) is 40.2 Å². The van der Waals surface area contributed by atoms with Gasteiger partial charge in [-0.2, -0.15) is 0 Å². The Labute approximate surface area is 206 Å². The van der Waals surface area contributed by atoms with Gasteiger partial charge in [0.1, 0.15) is 0 Å². The molecule has 0 fully saturated rings. The van der Waals surface area contributed by atoms with Crippen molar-refractivity contribution in [2.75, 3.05) is 17.2 Å². The summed E-state index contributed by atoms with van der Waals surface area (Å²) in [6.45, 7) is -0.00535. The lowest BCUT2D eigenvalue weighted by Crippen LogP contribution is -2.33. The van der Waals surface area contributed by atoms with Crippen molar-refractivity contribution in [1.29, 1.82) is 0 Å². The zero-order chi connectivity index (χ0) is 26.2. The molecule has 0 aliphatic carbocycles. The summed E-state index contributed by atoms with van der Waals surface area (Å²) in [4.78, 5) is 59.9. The van der Waals surface area contributed by atoms with Crippen LogP contribution in [0.4, 0.5) is 11.4 Å². The highest BCUT2D eigenvalue weighted by molar-refractivity contribution is 6.05. The van der Waals surface area contributed by atoms with E-state index in [4.69, 9.17) is 17.2 Å². The van der Waals surface area contributed by atoms with Gasteiger partial charge in [0.15, 0.2) is 0 Å². The average molecular weight is 489 g/mol. The highest BCUT2D eigenvalue weighted by Crippen LogP contribution is 2.15. The number of amides is 5. The van der Waals surface area contributed by atoms with Gasteiger partial charge in [-0.05, 0) is 60.2 Å². The third kappa shape index (κ3) is 6.74. The Morgan fingerprint density at radius 1 is 0.611 bits per heavy atom. The van der Waals surface area contributed by atoms with Gasteiger partial charge < -0.3 is 33.2 Å². The molecular formula is C25H24N6O5. The molecule has 0 unspecified atom stereocenters. The number of benzene rings is 3. The fourth-order valence-electron chi connectivity index (χ4n) is 3.15. The number of anilines is 2. The first-order valence-corrected chi connectivity index (χ1v) is 10.7. The van der Waals surface area contributed by atoms with Crippen LogP contribution >= 0.6 is 0 Å². The van der Waals surface area contributed by atoms with E-state index in [1.165, 1.54) is 30.3 Å². The van der Waals surface area contributed by atoms with Gasteiger partial charge in [-0.3, -0.25) is 24.0 Å². The van der Waals surface area contributed by atoms with Gasteiger partial charge in [-0.25, -0.2) is 0 Å². The third-order valence-electron chi connectivity index (χ3n) is 5.05. The Hall–Kier alpha value is -5.03. The van der Waals surface area contributed by atoms with Crippen LogP contribution in [-0.4, -0.2) is 36.1 Å². The van der Waals surface area contributed by atoms with Crippen LogP contribution in [0.25, 0.3) is 0 Å². The molecule has 0 aliphatic rings. The molecule has 0 atom stereocenters. The highest BCUT2D eigenvalue weighted by Gasteiger charge is 2.13. The fourth-order valence-corrected chi connectivity index (χ4v) is 3.15. The number of carbonyl (C=O) groups excluding carboxylic acids is 5. The smallest absolute Gasteiger partial charge is 0.255 e. The second-order valence-corrected chi connectivity index (χ2v) is 7.69. The average Bonchev–Trinajstić information content (AvgIpc) is 2.87. The SMILES string of the molecule is NCc1ccc(C(=O)Nc2ccc(C(=O)NCC(=O)Nc3cc(C(N)=O)cc(C(N)=O)c3)cc2)cc1. The molecule has 0 radical (unpaired) electrons. The number of nitrogens with one attached hydrogen (secondary N) is 3. The van der Waals surface area contributed by atoms with Gasteiger partial charge >= 0.3 is 0 Å². The van der Waals surface area contributed by atoms with E-state index in [1.54, 1.807) is 36.4 Å². The maximum Gasteiger partial charge on any atom is 0.255 e. The quantitative estimate of drug-likeness (QED) is 0.259. The molecule has 3 rings (SSSR count). The van der Waals surface area contributed by atoms with E-state index in [0.717, 1.165) is 5.56 Å².